The summed E-state index contributed by atoms with van der Waals surface area (Å²) in [5.41, 5.74) is 4.14. The van der Waals surface area contributed by atoms with E-state index in [1.807, 2.05) is 7.05 Å². The first-order chi connectivity index (χ1) is 8.72. The molecule has 1 atom stereocenters. The zero-order valence-corrected chi connectivity index (χ0v) is 13.1. The Morgan fingerprint density at radius 3 is 2.39 bits per heavy atom. The lowest BCUT2D eigenvalue weighted by Gasteiger charge is -2.15. The average molecular weight is 324 g/mol. The van der Waals surface area contributed by atoms with Gasteiger partial charge < -0.3 is 5.32 Å². The van der Waals surface area contributed by atoms with Crippen LogP contribution in [-0.4, -0.2) is 7.05 Å². The van der Waals surface area contributed by atoms with Gasteiger partial charge in [0.1, 0.15) is 0 Å². The van der Waals surface area contributed by atoms with Crippen molar-refractivity contribution in [3.05, 3.63) is 56.2 Å². The Bertz CT molecular complexity index is 489. The summed E-state index contributed by atoms with van der Waals surface area (Å²) in [6, 6.07) is 11.5. The van der Waals surface area contributed by atoms with E-state index in [9.17, 15) is 0 Å². The van der Waals surface area contributed by atoms with Crippen molar-refractivity contribution in [1.82, 2.24) is 5.32 Å². The van der Waals surface area contributed by atoms with Crippen molar-refractivity contribution >= 4 is 27.3 Å². The van der Waals surface area contributed by atoms with Crippen LogP contribution in [0.1, 0.15) is 29.7 Å². The van der Waals surface area contributed by atoms with Gasteiger partial charge in [0.25, 0.3) is 0 Å². The van der Waals surface area contributed by atoms with Crippen LogP contribution in [0.25, 0.3) is 0 Å². The summed E-state index contributed by atoms with van der Waals surface area (Å²) in [5, 5.41) is 5.61. The molecule has 1 heterocycles. The standard InChI is InChI=1S/C15H18BrNS/c1-3-11-4-6-12(7-5-11)8-14(17-2)13-9-15(16)18-10-13/h4-7,9-10,14,17H,3,8H2,1-2H3. The normalized spacial score (nSPS) is 12.6. The molecule has 0 amide bonds. The molecule has 3 heteroatoms. The zero-order chi connectivity index (χ0) is 13.0. The highest BCUT2D eigenvalue weighted by Gasteiger charge is 2.11. The highest BCUT2D eigenvalue weighted by molar-refractivity contribution is 9.11. The van der Waals surface area contributed by atoms with Crippen molar-refractivity contribution < 1.29 is 0 Å². The minimum atomic E-state index is 0.389. The summed E-state index contributed by atoms with van der Waals surface area (Å²) in [7, 11) is 2.02. The highest BCUT2D eigenvalue weighted by atomic mass is 79.9. The van der Waals surface area contributed by atoms with Crippen LogP contribution in [0.4, 0.5) is 0 Å². The largest absolute Gasteiger partial charge is 0.313 e. The number of benzene rings is 1. The Morgan fingerprint density at radius 1 is 1.22 bits per heavy atom. The molecule has 96 valence electrons. The average Bonchev–Trinajstić information content (AvgIpc) is 2.83. The van der Waals surface area contributed by atoms with E-state index < -0.39 is 0 Å². The fraction of sp³-hybridized carbons (Fsp3) is 0.333. The van der Waals surface area contributed by atoms with Crippen molar-refractivity contribution in [2.75, 3.05) is 7.05 Å². The molecule has 1 N–H and O–H groups in total. The minimum Gasteiger partial charge on any atom is -0.313 e. The van der Waals surface area contributed by atoms with Crippen molar-refractivity contribution in [2.45, 2.75) is 25.8 Å². The molecular weight excluding hydrogens is 306 g/mol. The molecule has 0 bridgehead atoms. The molecule has 0 aliphatic heterocycles. The van der Waals surface area contributed by atoms with E-state index in [2.05, 4.69) is 63.9 Å². The summed E-state index contributed by atoms with van der Waals surface area (Å²) in [6.45, 7) is 2.19. The molecule has 1 unspecified atom stereocenters. The molecule has 1 nitrogen and oxygen atoms in total. The first-order valence-electron chi connectivity index (χ1n) is 6.22. The van der Waals surface area contributed by atoms with Gasteiger partial charge in [0.2, 0.25) is 0 Å². The summed E-state index contributed by atoms with van der Waals surface area (Å²) < 4.78 is 1.19. The first-order valence-corrected chi connectivity index (χ1v) is 7.89. The molecule has 0 fully saturated rings. The number of rotatable bonds is 5. The van der Waals surface area contributed by atoms with E-state index >= 15 is 0 Å². The molecule has 0 aliphatic rings. The lowest BCUT2D eigenvalue weighted by atomic mass is 10.00. The number of aryl methyl sites for hydroxylation is 1. The van der Waals surface area contributed by atoms with Gasteiger partial charge in [0.15, 0.2) is 0 Å². The van der Waals surface area contributed by atoms with Crippen molar-refractivity contribution in [2.24, 2.45) is 0 Å². The Balaban J connectivity index is 2.10. The second-order valence-corrected chi connectivity index (χ2v) is 6.69. The smallest absolute Gasteiger partial charge is 0.0701 e. The fourth-order valence-electron chi connectivity index (χ4n) is 2.04. The second-order valence-electron chi connectivity index (χ2n) is 4.40. The first kappa shape index (κ1) is 13.8. The summed E-state index contributed by atoms with van der Waals surface area (Å²) in [4.78, 5) is 0. The van der Waals surface area contributed by atoms with Gasteiger partial charge in [-0.1, -0.05) is 31.2 Å². The Labute approximate surface area is 121 Å². The molecule has 1 aromatic carbocycles. The van der Waals surface area contributed by atoms with E-state index in [1.54, 1.807) is 11.3 Å². The Kier molecular flexibility index (Phi) is 4.98. The van der Waals surface area contributed by atoms with Gasteiger partial charge in [-0.15, -0.1) is 11.3 Å². The topological polar surface area (TPSA) is 12.0 Å². The molecule has 1 aromatic heterocycles. The maximum absolute atomic E-state index is 3.52. The van der Waals surface area contributed by atoms with E-state index in [0.29, 0.717) is 6.04 Å². The Hall–Kier alpha value is -0.640. The van der Waals surface area contributed by atoms with Crippen LogP contribution in [0.5, 0.6) is 0 Å². The zero-order valence-electron chi connectivity index (χ0n) is 10.7. The van der Waals surface area contributed by atoms with Gasteiger partial charge in [-0.05, 0) is 64.0 Å². The molecule has 0 saturated heterocycles. The quantitative estimate of drug-likeness (QED) is 0.849. The van der Waals surface area contributed by atoms with E-state index in [4.69, 9.17) is 0 Å². The molecule has 0 spiro atoms. The second kappa shape index (κ2) is 6.50. The number of hydrogen-bond acceptors (Lipinski definition) is 2. The third-order valence-electron chi connectivity index (χ3n) is 3.21. The summed E-state index contributed by atoms with van der Waals surface area (Å²) in [6.07, 6.45) is 2.14. The molecule has 18 heavy (non-hydrogen) atoms. The maximum atomic E-state index is 3.52. The maximum Gasteiger partial charge on any atom is 0.0701 e. The van der Waals surface area contributed by atoms with Crippen LogP contribution in [0.3, 0.4) is 0 Å². The predicted molar refractivity (Wildman–Crippen MR) is 83.3 cm³/mol. The SMILES string of the molecule is CCc1ccc(CC(NC)c2csc(Br)c2)cc1. The van der Waals surface area contributed by atoms with Gasteiger partial charge in [0.05, 0.1) is 3.79 Å². The van der Waals surface area contributed by atoms with Crippen molar-refractivity contribution in [1.29, 1.82) is 0 Å². The number of hydrogen-bond donors (Lipinski definition) is 1. The molecule has 0 aliphatic carbocycles. The van der Waals surface area contributed by atoms with E-state index in [0.717, 1.165) is 12.8 Å². The molecular formula is C15H18BrNS. The highest BCUT2D eigenvalue weighted by Crippen LogP contribution is 2.27. The van der Waals surface area contributed by atoms with Gasteiger partial charge in [-0.25, -0.2) is 0 Å². The molecule has 0 radical (unpaired) electrons. The number of nitrogens with one attached hydrogen (secondary N) is 1. The molecule has 2 aromatic rings. The Morgan fingerprint density at radius 2 is 1.89 bits per heavy atom. The van der Waals surface area contributed by atoms with Crippen LogP contribution in [0.2, 0.25) is 0 Å². The van der Waals surface area contributed by atoms with Gasteiger partial charge in [-0.2, -0.15) is 0 Å². The fourth-order valence-corrected chi connectivity index (χ4v) is 3.27. The van der Waals surface area contributed by atoms with Crippen LogP contribution in [0.15, 0.2) is 39.5 Å². The monoisotopic (exact) mass is 323 g/mol. The summed E-state index contributed by atoms with van der Waals surface area (Å²) >= 11 is 5.27. The van der Waals surface area contributed by atoms with Gasteiger partial charge >= 0.3 is 0 Å². The third-order valence-corrected chi connectivity index (χ3v) is 4.73. The van der Waals surface area contributed by atoms with Crippen LogP contribution < -0.4 is 5.32 Å². The number of likely N-dealkylation sites (N-methyl/N-ethyl adjacent to an activating group) is 1. The van der Waals surface area contributed by atoms with Crippen molar-refractivity contribution in [3.8, 4) is 0 Å². The molecule has 0 saturated carbocycles. The van der Waals surface area contributed by atoms with Gasteiger partial charge in [0, 0.05) is 6.04 Å². The summed E-state index contributed by atoms with van der Waals surface area (Å²) in [5.74, 6) is 0. The van der Waals surface area contributed by atoms with Crippen LogP contribution in [-0.2, 0) is 12.8 Å². The van der Waals surface area contributed by atoms with Gasteiger partial charge in [-0.3, -0.25) is 0 Å². The minimum absolute atomic E-state index is 0.389. The number of halogens is 1. The lowest BCUT2D eigenvalue weighted by Crippen LogP contribution is -2.18. The lowest BCUT2D eigenvalue weighted by molar-refractivity contribution is 0.594. The van der Waals surface area contributed by atoms with Crippen LogP contribution >= 0.6 is 27.3 Å². The predicted octanol–water partition coefficient (Wildman–Crippen LogP) is 4.58. The molecule has 2 rings (SSSR count). The van der Waals surface area contributed by atoms with E-state index in [1.165, 1.54) is 20.5 Å². The van der Waals surface area contributed by atoms with E-state index in [-0.39, 0.29) is 0 Å². The van der Waals surface area contributed by atoms with Crippen molar-refractivity contribution in [3.63, 3.8) is 0 Å². The number of thiophene rings is 1. The van der Waals surface area contributed by atoms with Crippen LogP contribution in [0, 0.1) is 0 Å². The third kappa shape index (κ3) is 3.44.